The smallest absolute Gasteiger partial charge is 0.321 e. The molecule has 0 aliphatic carbocycles. The molecule has 0 spiro atoms. The second-order valence-corrected chi connectivity index (χ2v) is 6.92. The van der Waals surface area contributed by atoms with E-state index in [1.165, 1.54) is 7.05 Å². The zero-order valence-corrected chi connectivity index (χ0v) is 15.7. The van der Waals surface area contributed by atoms with Gasteiger partial charge in [0.15, 0.2) is 0 Å². The molecule has 146 valence electrons. The Hall–Kier alpha value is -2.45. The second-order valence-electron chi connectivity index (χ2n) is 6.92. The molecule has 4 amide bonds. The Morgan fingerprint density at radius 1 is 1.07 bits per heavy atom. The SMILES string of the molecule is CNC(=O)NC(=O)CN1CCN([C@H]2CCCN(c3ccccc3)C2=O)CC1. The van der Waals surface area contributed by atoms with Crippen molar-refractivity contribution in [1.82, 2.24) is 20.4 Å². The fraction of sp³-hybridized carbons (Fsp3) is 0.526. The topological polar surface area (TPSA) is 85.0 Å². The minimum absolute atomic E-state index is 0.0965. The van der Waals surface area contributed by atoms with Crippen LogP contribution in [0.25, 0.3) is 0 Å². The molecular weight excluding hydrogens is 346 g/mol. The first-order valence-electron chi connectivity index (χ1n) is 9.43. The van der Waals surface area contributed by atoms with E-state index < -0.39 is 6.03 Å². The maximum absolute atomic E-state index is 13.0. The van der Waals surface area contributed by atoms with Crippen LogP contribution in [0.5, 0.6) is 0 Å². The minimum atomic E-state index is -0.493. The molecule has 8 heteroatoms. The Morgan fingerprint density at radius 2 is 1.78 bits per heavy atom. The molecule has 3 rings (SSSR count). The number of hydrogen-bond acceptors (Lipinski definition) is 5. The average molecular weight is 373 g/mol. The summed E-state index contributed by atoms with van der Waals surface area (Å²) in [5.74, 6) is -0.148. The van der Waals surface area contributed by atoms with Crippen LogP contribution >= 0.6 is 0 Å². The molecule has 2 fully saturated rings. The number of piperidine rings is 1. The summed E-state index contributed by atoms with van der Waals surface area (Å²) in [6.45, 7) is 3.85. The molecule has 0 unspecified atom stereocenters. The number of nitrogens with zero attached hydrogens (tertiary/aromatic N) is 3. The van der Waals surface area contributed by atoms with Crippen LogP contribution in [0.4, 0.5) is 10.5 Å². The molecular formula is C19H27N5O3. The summed E-state index contributed by atoms with van der Waals surface area (Å²) >= 11 is 0. The highest BCUT2D eigenvalue weighted by molar-refractivity contribution is 5.98. The largest absolute Gasteiger partial charge is 0.341 e. The number of imide groups is 1. The van der Waals surface area contributed by atoms with Gasteiger partial charge >= 0.3 is 6.03 Å². The zero-order chi connectivity index (χ0) is 19.2. The number of hydrogen-bond donors (Lipinski definition) is 2. The number of para-hydroxylation sites is 1. The summed E-state index contributed by atoms with van der Waals surface area (Å²) in [4.78, 5) is 42.1. The molecule has 2 N–H and O–H groups in total. The molecule has 1 atom stereocenters. The van der Waals surface area contributed by atoms with Gasteiger partial charge in [0.25, 0.3) is 0 Å². The molecule has 2 saturated heterocycles. The van der Waals surface area contributed by atoms with Gasteiger partial charge in [-0.05, 0) is 25.0 Å². The summed E-state index contributed by atoms with van der Waals surface area (Å²) in [6, 6.07) is 9.22. The number of nitrogens with one attached hydrogen (secondary N) is 2. The van der Waals surface area contributed by atoms with Crippen LogP contribution in [0.2, 0.25) is 0 Å². The van der Waals surface area contributed by atoms with E-state index in [-0.39, 0.29) is 24.4 Å². The van der Waals surface area contributed by atoms with Gasteiger partial charge in [-0.25, -0.2) is 4.79 Å². The lowest BCUT2D eigenvalue weighted by Gasteiger charge is -2.42. The average Bonchev–Trinajstić information content (AvgIpc) is 2.69. The standard InChI is InChI=1S/C19H27N5O3/c1-20-19(27)21-17(25)14-22-10-12-23(13-11-22)16-8-5-9-24(18(16)26)15-6-3-2-4-7-15/h2-4,6-7,16H,5,8-14H2,1H3,(H2,20,21,25,27)/t16-/m0/s1. The molecule has 2 heterocycles. The van der Waals surface area contributed by atoms with Crippen molar-refractivity contribution >= 4 is 23.5 Å². The molecule has 2 aliphatic rings. The van der Waals surface area contributed by atoms with Crippen molar-refractivity contribution in [2.75, 3.05) is 51.2 Å². The first kappa shape index (κ1) is 19.3. The van der Waals surface area contributed by atoms with Gasteiger partial charge in [0.2, 0.25) is 11.8 Å². The number of anilines is 1. The van der Waals surface area contributed by atoms with Crippen LogP contribution < -0.4 is 15.5 Å². The van der Waals surface area contributed by atoms with Gasteiger partial charge in [-0.1, -0.05) is 18.2 Å². The summed E-state index contributed by atoms with van der Waals surface area (Å²) in [6.07, 6.45) is 1.86. The highest BCUT2D eigenvalue weighted by Gasteiger charge is 2.35. The van der Waals surface area contributed by atoms with E-state index in [0.717, 1.165) is 38.2 Å². The van der Waals surface area contributed by atoms with Gasteiger partial charge in [-0.3, -0.25) is 24.7 Å². The lowest BCUT2D eigenvalue weighted by atomic mass is 10.0. The van der Waals surface area contributed by atoms with Crippen molar-refractivity contribution in [2.45, 2.75) is 18.9 Å². The van der Waals surface area contributed by atoms with Gasteiger partial charge in [-0.2, -0.15) is 0 Å². The first-order valence-corrected chi connectivity index (χ1v) is 9.43. The lowest BCUT2D eigenvalue weighted by Crippen LogP contribution is -2.58. The van der Waals surface area contributed by atoms with Crippen molar-refractivity contribution < 1.29 is 14.4 Å². The van der Waals surface area contributed by atoms with E-state index in [1.54, 1.807) is 0 Å². The highest BCUT2D eigenvalue weighted by Crippen LogP contribution is 2.24. The maximum atomic E-state index is 13.0. The van der Waals surface area contributed by atoms with Gasteiger partial charge in [0.05, 0.1) is 12.6 Å². The number of carbonyl (C=O) groups excluding carboxylic acids is 3. The molecule has 0 saturated carbocycles. The molecule has 0 radical (unpaired) electrons. The number of benzene rings is 1. The predicted octanol–water partition coefficient (Wildman–Crippen LogP) is 0.255. The van der Waals surface area contributed by atoms with E-state index >= 15 is 0 Å². The Morgan fingerprint density at radius 3 is 2.44 bits per heavy atom. The van der Waals surface area contributed by atoms with Crippen molar-refractivity contribution in [3.63, 3.8) is 0 Å². The summed E-state index contributed by atoms with van der Waals surface area (Å²) < 4.78 is 0. The number of amides is 4. The fourth-order valence-corrected chi connectivity index (χ4v) is 3.72. The summed E-state index contributed by atoms with van der Waals surface area (Å²) in [7, 11) is 1.47. The van der Waals surface area contributed by atoms with E-state index in [1.807, 2.05) is 40.1 Å². The van der Waals surface area contributed by atoms with Crippen LogP contribution in [0.1, 0.15) is 12.8 Å². The van der Waals surface area contributed by atoms with E-state index in [2.05, 4.69) is 15.5 Å². The Balaban J connectivity index is 1.52. The normalized spacial score (nSPS) is 21.7. The molecule has 27 heavy (non-hydrogen) atoms. The summed E-state index contributed by atoms with van der Waals surface area (Å²) in [5.41, 5.74) is 0.955. The Kier molecular flexibility index (Phi) is 6.41. The van der Waals surface area contributed by atoms with Crippen LogP contribution in [-0.2, 0) is 9.59 Å². The highest BCUT2D eigenvalue weighted by atomic mass is 16.2. The van der Waals surface area contributed by atoms with Gasteiger partial charge < -0.3 is 10.2 Å². The number of urea groups is 1. The van der Waals surface area contributed by atoms with Gasteiger partial charge in [-0.15, -0.1) is 0 Å². The molecule has 0 bridgehead atoms. The third kappa shape index (κ3) is 4.84. The van der Waals surface area contributed by atoms with Crippen molar-refractivity contribution in [1.29, 1.82) is 0 Å². The first-order chi connectivity index (χ1) is 13.1. The second kappa shape index (κ2) is 8.96. The molecule has 1 aromatic rings. The molecule has 1 aromatic carbocycles. The summed E-state index contributed by atoms with van der Waals surface area (Å²) in [5, 5.41) is 4.64. The molecule has 0 aromatic heterocycles. The van der Waals surface area contributed by atoms with E-state index in [0.29, 0.717) is 13.1 Å². The molecule has 2 aliphatic heterocycles. The third-order valence-corrected chi connectivity index (χ3v) is 5.17. The minimum Gasteiger partial charge on any atom is -0.341 e. The van der Waals surface area contributed by atoms with Crippen LogP contribution in [0.15, 0.2) is 30.3 Å². The number of piperazine rings is 1. The molecule has 8 nitrogen and oxygen atoms in total. The van der Waals surface area contributed by atoms with Gasteiger partial charge in [0, 0.05) is 45.5 Å². The fourth-order valence-electron chi connectivity index (χ4n) is 3.72. The quantitative estimate of drug-likeness (QED) is 0.791. The van der Waals surface area contributed by atoms with E-state index in [9.17, 15) is 14.4 Å². The Labute approximate surface area is 159 Å². The zero-order valence-electron chi connectivity index (χ0n) is 15.7. The predicted molar refractivity (Wildman–Crippen MR) is 102 cm³/mol. The lowest BCUT2D eigenvalue weighted by molar-refractivity contribution is -0.127. The van der Waals surface area contributed by atoms with Crippen LogP contribution in [-0.4, -0.2) is 80.0 Å². The van der Waals surface area contributed by atoms with Crippen molar-refractivity contribution in [3.05, 3.63) is 30.3 Å². The number of carbonyl (C=O) groups is 3. The van der Waals surface area contributed by atoms with E-state index in [4.69, 9.17) is 0 Å². The van der Waals surface area contributed by atoms with Crippen molar-refractivity contribution in [2.24, 2.45) is 0 Å². The van der Waals surface area contributed by atoms with Crippen molar-refractivity contribution in [3.8, 4) is 0 Å². The maximum Gasteiger partial charge on any atom is 0.321 e. The van der Waals surface area contributed by atoms with Crippen LogP contribution in [0, 0.1) is 0 Å². The van der Waals surface area contributed by atoms with Crippen LogP contribution in [0.3, 0.4) is 0 Å². The monoisotopic (exact) mass is 373 g/mol. The Bertz CT molecular complexity index is 673. The van der Waals surface area contributed by atoms with Gasteiger partial charge in [0.1, 0.15) is 0 Å². The number of rotatable bonds is 4. The third-order valence-electron chi connectivity index (χ3n) is 5.17.